The molecule has 1 aromatic rings. The summed E-state index contributed by atoms with van der Waals surface area (Å²) in [5.41, 5.74) is 0. The van der Waals surface area contributed by atoms with Crippen LogP contribution >= 0.6 is 0 Å². The summed E-state index contributed by atoms with van der Waals surface area (Å²) in [7, 11) is 1.78. The van der Waals surface area contributed by atoms with Gasteiger partial charge in [-0.15, -0.1) is 0 Å². The summed E-state index contributed by atoms with van der Waals surface area (Å²) in [5.74, 6) is 2.61. The van der Waals surface area contributed by atoms with Crippen molar-refractivity contribution < 1.29 is 4.74 Å². The van der Waals surface area contributed by atoms with E-state index in [9.17, 15) is 0 Å². The molecule has 1 saturated carbocycles. The van der Waals surface area contributed by atoms with E-state index in [-0.39, 0.29) is 6.10 Å². The summed E-state index contributed by atoms with van der Waals surface area (Å²) in [5, 5.41) is 6.19. The van der Waals surface area contributed by atoms with Crippen molar-refractivity contribution in [1.29, 1.82) is 0 Å². The van der Waals surface area contributed by atoms with E-state index in [4.69, 9.17) is 4.74 Å². The number of ether oxygens (including phenoxy) is 1. The minimum atomic E-state index is 0.0466. The van der Waals surface area contributed by atoms with Gasteiger partial charge in [-0.2, -0.15) is 15.0 Å². The fraction of sp³-hybridized carbons (Fsp3) is 0.769. The Morgan fingerprint density at radius 1 is 1.16 bits per heavy atom. The molecule has 1 atom stereocenters. The molecule has 0 radical (unpaired) electrons. The van der Waals surface area contributed by atoms with Gasteiger partial charge in [-0.05, 0) is 38.5 Å². The second kappa shape index (κ2) is 6.04. The first-order chi connectivity index (χ1) is 9.08. The van der Waals surface area contributed by atoms with Crippen LogP contribution in [0.15, 0.2) is 0 Å². The number of nitrogens with zero attached hydrogens (tertiary/aromatic N) is 3. The van der Waals surface area contributed by atoms with Crippen LogP contribution in [0.3, 0.4) is 0 Å². The van der Waals surface area contributed by atoms with Crippen molar-refractivity contribution in [3.8, 4) is 6.01 Å². The Kier molecular flexibility index (Phi) is 4.39. The number of hydrogen-bond acceptors (Lipinski definition) is 6. The molecule has 6 nitrogen and oxygen atoms in total. The van der Waals surface area contributed by atoms with Crippen molar-refractivity contribution in [2.24, 2.45) is 11.8 Å². The van der Waals surface area contributed by atoms with Gasteiger partial charge < -0.3 is 15.4 Å². The monoisotopic (exact) mass is 265 g/mol. The standard InChI is InChI=1S/C13H23N5O/c1-8(2)19-13-17-11(14-4)16-12(18-13)15-7-9(3)10-5-6-10/h8-10H,5-7H2,1-4H3,(H2,14,15,16,17,18). The molecular formula is C13H23N5O. The fourth-order valence-corrected chi connectivity index (χ4v) is 1.90. The lowest BCUT2D eigenvalue weighted by Crippen LogP contribution is -2.17. The average molecular weight is 265 g/mol. The predicted molar refractivity (Wildman–Crippen MR) is 75.5 cm³/mol. The van der Waals surface area contributed by atoms with Gasteiger partial charge in [0, 0.05) is 13.6 Å². The first-order valence-corrected chi connectivity index (χ1v) is 6.93. The highest BCUT2D eigenvalue weighted by Crippen LogP contribution is 2.36. The molecular weight excluding hydrogens is 242 g/mol. The first-order valence-electron chi connectivity index (χ1n) is 6.93. The third-order valence-corrected chi connectivity index (χ3v) is 3.19. The summed E-state index contributed by atoms with van der Waals surface area (Å²) >= 11 is 0. The maximum absolute atomic E-state index is 5.52. The largest absolute Gasteiger partial charge is 0.461 e. The number of hydrogen-bond donors (Lipinski definition) is 2. The van der Waals surface area contributed by atoms with E-state index in [2.05, 4.69) is 32.5 Å². The first kappa shape index (κ1) is 13.8. The molecule has 0 amide bonds. The fourth-order valence-electron chi connectivity index (χ4n) is 1.90. The van der Waals surface area contributed by atoms with Gasteiger partial charge in [0.15, 0.2) is 0 Å². The van der Waals surface area contributed by atoms with E-state index in [1.165, 1.54) is 12.8 Å². The van der Waals surface area contributed by atoms with Crippen LogP contribution < -0.4 is 15.4 Å². The molecule has 6 heteroatoms. The van der Waals surface area contributed by atoms with Gasteiger partial charge >= 0.3 is 6.01 Å². The van der Waals surface area contributed by atoms with Crippen molar-refractivity contribution in [3.05, 3.63) is 0 Å². The molecule has 0 spiro atoms. The minimum Gasteiger partial charge on any atom is -0.461 e. The van der Waals surface area contributed by atoms with Gasteiger partial charge in [0.2, 0.25) is 11.9 Å². The summed E-state index contributed by atoms with van der Waals surface area (Å²) in [4.78, 5) is 12.7. The molecule has 2 N–H and O–H groups in total. The summed E-state index contributed by atoms with van der Waals surface area (Å²) < 4.78 is 5.52. The van der Waals surface area contributed by atoms with E-state index in [0.717, 1.165) is 12.5 Å². The van der Waals surface area contributed by atoms with Crippen LogP contribution in [0.1, 0.15) is 33.6 Å². The van der Waals surface area contributed by atoms with Crippen molar-refractivity contribution in [2.75, 3.05) is 24.2 Å². The molecule has 1 unspecified atom stereocenters. The molecule has 0 aromatic carbocycles. The zero-order valence-electron chi connectivity index (χ0n) is 12.1. The second-order valence-electron chi connectivity index (χ2n) is 5.38. The van der Waals surface area contributed by atoms with Crippen LogP contribution in [-0.2, 0) is 0 Å². The molecule has 1 aromatic heterocycles. The Morgan fingerprint density at radius 3 is 2.42 bits per heavy atom. The van der Waals surface area contributed by atoms with Crippen LogP contribution in [0.2, 0.25) is 0 Å². The molecule has 0 saturated heterocycles. The van der Waals surface area contributed by atoms with Gasteiger partial charge in [0.05, 0.1) is 6.10 Å². The van der Waals surface area contributed by atoms with Crippen LogP contribution in [0.25, 0.3) is 0 Å². The highest BCUT2D eigenvalue weighted by Gasteiger charge is 2.27. The quantitative estimate of drug-likeness (QED) is 0.787. The molecule has 1 heterocycles. The number of aromatic nitrogens is 3. The molecule has 0 bridgehead atoms. The molecule has 106 valence electrons. The van der Waals surface area contributed by atoms with Gasteiger partial charge in [0.25, 0.3) is 0 Å². The van der Waals surface area contributed by atoms with Crippen molar-refractivity contribution in [1.82, 2.24) is 15.0 Å². The maximum atomic E-state index is 5.52. The second-order valence-corrected chi connectivity index (χ2v) is 5.38. The van der Waals surface area contributed by atoms with E-state index in [0.29, 0.717) is 23.8 Å². The lowest BCUT2D eigenvalue weighted by atomic mass is 10.1. The van der Waals surface area contributed by atoms with E-state index in [1.54, 1.807) is 7.05 Å². The van der Waals surface area contributed by atoms with E-state index in [1.807, 2.05) is 13.8 Å². The van der Waals surface area contributed by atoms with E-state index >= 15 is 0 Å². The normalized spacial score (nSPS) is 16.3. The van der Waals surface area contributed by atoms with Crippen molar-refractivity contribution in [2.45, 2.75) is 39.7 Å². The van der Waals surface area contributed by atoms with Gasteiger partial charge in [0.1, 0.15) is 0 Å². The van der Waals surface area contributed by atoms with Crippen molar-refractivity contribution >= 4 is 11.9 Å². The smallest absolute Gasteiger partial charge is 0.323 e. The molecule has 2 rings (SSSR count). The Hall–Kier alpha value is -1.59. The highest BCUT2D eigenvalue weighted by atomic mass is 16.5. The third kappa shape index (κ3) is 4.22. The molecule has 1 fully saturated rings. The number of rotatable bonds is 7. The van der Waals surface area contributed by atoms with Gasteiger partial charge in [-0.3, -0.25) is 0 Å². The Labute approximate surface area is 114 Å². The molecule has 19 heavy (non-hydrogen) atoms. The molecule has 1 aliphatic rings. The topological polar surface area (TPSA) is 72.0 Å². The average Bonchev–Trinajstić information content (AvgIpc) is 3.19. The Bertz CT molecular complexity index is 419. The molecule has 1 aliphatic carbocycles. The highest BCUT2D eigenvalue weighted by molar-refractivity contribution is 5.35. The van der Waals surface area contributed by atoms with Gasteiger partial charge in [-0.25, -0.2) is 0 Å². The summed E-state index contributed by atoms with van der Waals surface area (Å²) in [6, 6.07) is 0.357. The van der Waals surface area contributed by atoms with Crippen LogP contribution in [0.4, 0.5) is 11.9 Å². The lowest BCUT2D eigenvalue weighted by molar-refractivity contribution is 0.222. The SMILES string of the molecule is CNc1nc(NCC(C)C2CC2)nc(OC(C)C)n1. The van der Waals surface area contributed by atoms with E-state index < -0.39 is 0 Å². The maximum Gasteiger partial charge on any atom is 0.323 e. The zero-order valence-corrected chi connectivity index (χ0v) is 12.1. The van der Waals surface area contributed by atoms with Crippen molar-refractivity contribution in [3.63, 3.8) is 0 Å². The van der Waals surface area contributed by atoms with Crippen LogP contribution in [-0.4, -0.2) is 34.6 Å². The van der Waals surface area contributed by atoms with Gasteiger partial charge in [-0.1, -0.05) is 6.92 Å². The Balaban J connectivity index is 2.00. The third-order valence-electron chi connectivity index (χ3n) is 3.19. The minimum absolute atomic E-state index is 0.0466. The Morgan fingerprint density at radius 2 is 1.84 bits per heavy atom. The van der Waals surface area contributed by atoms with Crippen LogP contribution in [0.5, 0.6) is 6.01 Å². The van der Waals surface area contributed by atoms with Crippen LogP contribution in [0, 0.1) is 11.8 Å². The summed E-state index contributed by atoms with van der Waals surface area (Å²) in [6.45, 7) is 7.05. The number of nitrogens with one attached hydrogen (secondary N) is 2. The summed E-state index contributed by atoms with van der Waals surface area (Å²) in [6.07, 6.45) is 2.75. The number of anilines is 2. The predicted octanol–water partition coefficient (Wildman–Crippen LogP) is 2.16. The lowest BCUT2D eigenvalue weighted by Gasteiger charge is -2.13. The molecule has 0 aliphatic heterocycles. The zero-order chi connectivity index (χ0) is 13.8.